The smallest absolute Gasteiger partial charge is 0.339 e. The summed E-state index contributed by atoms with van der Waals surface area (Å²) in [5.74, 6) is 0.340. The third kappa shape index (κ3) is 2.36. The molecule has 0 aliphatic rings. The molecule has 0 bridgehead atoms. The lowest BCUT2D eigenvalue weighted by Crippen LogP contribution is -1.99. The van der Waals surface area contributed by atoms with Gasteiger partial charge in [-0.15, -0.1) is 0 Å². The number of hydrogen-bond acceptors (Lipinski definition) is 4. The van der Waals surface area contributed by atoms with E-state index in [1.807, 2.05) is 30.3 Å². The molecule has 3 aromatic rings. The minimum atomic E-state index is -0.588. The number of hydrogen-bond donors (Lipinski definition) is 1. The Labute approximate surface area is 114 Å². The van der Waals surface area contributed by atoms with E-state index in [0.717, 1.165) is 11.6 Å². The Morgan fingerprint density at radius 2 is 1.85 bits per heavy atom. The lowest BCUT2D eigenvalue weighted by atomic mass is 10.2. The van der Waals surface area contributed by atoms with Crippen LogP contribution in [0.4, 0.5) is 0 Å². The van der Waals surface area contributed by atoms with Gasteiger partial charge in [-0.3, -0.25) is 0 Å². The van der Waals surface area contributed by atoms with E-state index in [-0.39, 0.29) is 5.75 Å². The molecule has 1 aromatic heterocycles. The molecular formula is C16H12O4. The van der Waals surface area contributed by atoms with Gasteiger partial charge in [-0.2, -0.15) is 0 Å². The van der Waals surface area contributed by atoms with Gasteiger partial charge in [0.05, 0.1) is 6.07 Å². The molecule has 4 nitrogen and oxygen atoms in total. The predicted octanol–water partition coefficient (Wildman–Crippen LogP) is 3.08. The fourth-order valence-corrected chi connectivity index (χ4v) is 2.03. The average molecular weight is 268 g/mol. The Hall–Kier alpha value is -2.75. The van der Waals surface area contributed by atoms with Crippen LogP contribution in [0.5, 0.6) is 11.5 Å². The molecule has 0 aliphatic heterocycles. The van der Waals surface area contributed by atoms with Crippen molar-refractivity contribution in [1.29, 1.82) is 0 Å². The lowest BCUT2D eigenvalue weighted by Gasteiger charge is -2.09. The number of fused-ring (bicyclic) bond motifs is 1. The number of ether oxygens (including phenoxy) is 1. The Kier molecular flexibility index (Phi) is 3.13. The molecule has 0 saturated carbocycles. The van der Waals surface area contributed by atoms with E-state index in [4.69, 9.17) is 9.15 Å². The molecule has 0 radical (unpaired) electrons. The van der Waals surface area contributed by atoms with Gasteiger partial charge < -0.3 is 14.3 Å². The highest BCUT2D eigenvalue weighted by Gasteiger charge is 2.10. The van der Waals surface area contributed by atoms with Crippen LogP contribution in [-0.4, -0.2) is 5.11 Å². The van der Waals surface area contributed by atoms with E-state index in [1.165, 1.54) is 0 Å². The molecular weight excluding hydrogens is 256 g/mol. The van der Waals surface area contributed by atoms with E-state index in [1.54, 1.807) is 18.2 Å². The average Bonchev–Trinajstić information content (AvgIpc) is 2.45. The van der Waals surface area contributed by atoms with Crippen molar-refractivity contribution < 1.29 is 14.3 Å². The summed E-state index contributed by atoms with van der Waals surface area (Å²) < 4.78 is 10.7. The Balaban J connectivity index is 1.98. The topological polar surface area (TPSA) is 59.7 Å². The van der Waals surface area contributed by atoms with Crippen LogP contribution in [0.1, 0.15) is 5.56 Å². The van der Waals surface area contributed by atoms with Gasteiger partial charge in [0.15, 0.2) is 0 Å². The summed E-state index contributed by atoms with van der Waals surface area (Å²) in [6, 6.07) is 15.8. The molecule has 1 N–H and O–H groups in total. The second-order valence-electron chi connectivity index (χ2n) is 4.35. The molecule has 4 heteroatoms. The van der Waals surface area contributed by atoms with Crippen molar-refractivity contribution in [2.24, 2.45) is 0 Å². The molecule has 1 heterocycles. The van der Waals surface area contributed by atoms with Gasteiger partial charge in [0.1, 0.15) is 29.1 Å². The summed E-state index contributed by atoms with van der Waals surface area (Å²) in [5, 5.41) is 10.3. The molecule has 100 valence electrons. The molecule has 0 fully saturated rings. The van der Waals surface area contributed by atoms with Crippen molar-refractivity contribution in [3.8, 4) is 11.5 Å². The van der Waals surface area contributed by atoms with E-state index in [2.05, 4.69) is 0 Å². The second kappa shape index (κ2) is 5.09. The van der Waals surface area contributed by atoms with E-state index in [9.17, 15) is 9.90 Å². The van der Waals surface area contributed by atoms with Gasteiger partial charge in [0.25, 0.3) is 0 Å². The van der Waals surface area contributed by atoms with E-state index >= 15 is 0 Å². The first-order chi connectivity index (χ1) is 9.74. The highest BCUT2D eigenvalue weighted by Crippen LogP contribution is 2.32. The SMILES string of the molecule is O=c1cc(O)c2c(OCc3ccccc3)cccc2o1. The van der Waals surface area contributed by atoms with Gasteiger partial charge in [-0.1, -0.05) is 36.4 Å². The van der Waals surface area contributed by atoms with Gasteiger partial charge in [-0.25, -0.2) is 4.79 Å². The van der Waals surface area contributed by atoms with Crippen molar-refractivity contribution in [2.45, 2.75) is 6.61 Å². The fraction of sp³-hybridized carbons (Fsp3) is 0.0625. The zero-order valence-corrected chi connectivity index (χ0v) is 10.6. The highest BCUT2D eigenvalue weighted by molar-refractivity contribution is 5.89. The largest absolute Gasteiger partial charge is 0.507 e. The third-order valence-corrected chi connectivity index (χ3v) is 2.95. The third-order valence-electron chi connectivity index (χ3n) is 2.95. The molecule has 0 spiro atoms. The Morgan fingerprint density at radius 3 is 2.65 bits per heavy atom. The van der Waals surface area contributed by atoms with Crippen LogP contribution in [0, 0.1) is 0 Å². The lowest BCUT2D eigenvalue weighted by molar-refractivity contribution is 0.308. The normalized spacial score (nSPS) is 10.6. The van der Waals surface area contributed by atoms with Crippen LogP contribution in [0.3, 0.4) is 0 Å². The predicted molar refractivity (Wildman–Crippen MR) is 74.9 cm³/mol. The monoisotopic (exact) mass is 268 g/mol. The first kappa shape index (κ1) is 12.3. The standard InChI is InChI=1S/C16H12O4/c17-12-9-15(18)20-14-8-4-7-13(16(12)14)19-10-11-5-2-1-3-6-11/h1-9,17H,10H2. The number of rotatable bonds is 3. The van der Waals surface area contributed by atoms with Crippen LogP contribution in [-0.2, 0) is 6.61 Å². The van der Waals surface area contributed by atoms with Crippen molar-refractivity contribution in [3.05, 3.63) is 70.6 Å². The van der Waals surface area contributed by atoms with Gasteiger partial charge in [0, 0.05) is 0 Å². The van der Waals surface area contributed by atoms with Crippen molar-refractivity contribution in [1.82, 2.24) is 0 Å². The first-order valence-corrected chi connectivity index (χ1v) is 6.16. The maximum absolute atomic E-state index is 11.2. The molecule has 2 aromatic carbocycles. The van der Waals surface area contributed by atoms with Crippen LogP contribution >= 0.6 is 0 Å². The molecule has 0 atom stereocenters. The first-order valence-electron chi connectivity index (χ1n) is 6.16. The maximum atomic E-state index is 11.2. The van der Waals surface area contributed by atoms with Crippen molar-refractivity contribution >= 4 is 11.0 Å². The summed E-state index contributed by atoms with van der Waals surface area (Å²) in [4.78, 5) is 11.2. The van der Waals surface area contributed by atoms with Crippen molar-refractivity contribution in [3.63, 3.8) is 0 Å². The molecule has 0 saturated heterocycles. The fourth-order valence-electron chi connectivity index (χ4n) is 2.03. The summed E-state index contributed by atoms with van der Waals surface area (Å²) in [6.45, 7) is 0.374. The minimum absolute atomic E-state index is 0.139. The van der Waals surface area contributed by atoms with Crippen molar-refractivity contribution in [2.75, 3.05) is 0 Å². The summed E-state index contributed by atoms with van der Waals surface area (Å²) in [5.41, 5.74) is 0.733. The molecule has 0 amide bonds. The van der Waals surface area contributed by atoms with Gasteiger partial charge >= 0.3 is 5.63 Å². The van der Waals surface area contributed by atoms with Gasteiger partial charge in [0.2, 0.25) is 0 Å². The second-order valence-corrected chi connectivity index (χ2v) is 4.35. The summed E-state index contributed by atoms with van der Waals surface area (Å²) in [6.07, 6.45) is 0. The quantitative estimate of drug-likeness (QED) is 0.741. The molecule has 3 rings (SSSR count). The van der Waals surface area contributed by atoms with E-state index in [0.29, 0.717) is 23.3 Å². The van der Waals surface area contributed by atoms with Crippen LogP contribution in [0.25, 0.3) is 11.0 Å². The number of aromatic hydroxyl groups is 1. The summed E-state index contributed by atoms with van der Waals surface area (Å²) in [7, 11) is 0. The zero-order valence-electron chi connectivity index (χ0n) is 10.6. The minimum Gasteiger partial charge on any atom is -0.507 e. The maximum Gasteiger partial charge on any atom is 0.339 e. The Morgan fingerprint density at radius 1 is 1.05 bits per heavy atom. The molecule has 0 unspecified atom stereocenters. The zero-order chi connectivity index (χ0) is 13.9. The van der Waals surface area contributed by atoms with Gasteiger partial charge in [-0.05, 0) is 17.7 Å². The highest BCUT2D eigenvalue weighted by atomic mass is 16.5. The van der Waals surface area contributed by atoms with Crippen LogP contribution < -0.4 is 10.4 Å². The van der Waals surface area contributed by atoms with Crippen LogP contribution in [0.2, 0.25) is 0 Å². The molecule has 0 aliphatic carbocycles. The summed E-state index contributed by atoms with van der Waals surface area (Å²) >= 11 is 0. The Bertz CT molecular complexity index is 790. The molecule has 20 heavy (non-hydrogen) atoms. The number of benzene rings is 2. The van der Waals surface area contributed by atoms with Crippen LogP contribution in [0.15, 0.2) is 63.8 Å². The van der Waals surface area contributed by atoms with E-state index < -0.39 is 5.63 Å².